The van der Waals surface area contributed by atoms with Crippen LogP contribution in [0.4, 0.5) is 0 Å². The number of benzene rings is 1. The fourth-order valence-corrected chi connectivity index (χ4v) is 1.71. The van der Waals surface area contributed by atoms with Gasteiger partial charge in [0.2, 0.25) is 0 Å². The minimum Gasteiger partial charge on any atom is -0.478 e. The summed E-state index contributed by atoms with van der Waals surface area (Å²) in [5.41, 5.74) is 0.793. The van der Waals surface area contributed by atoms with Crippen LogP contribution >= 0.6 is 27.5 Å². The van der Waals surface area contributed by atoms with Crippen LogP contribution in [0.2, 0.25) is 5.02 Å². The van der Waals surface area contributed by atoms with E-state index in [0.717, 1.165) is 11.8 Å². The summed E-state index contributed by atoms with van der Waals surface area (Å²) in [5.74, 6) is -1.00. The van der Waals surface area contributed by atoms with Crippen LogP contribution in [0.15, 0.2) is 24.3 Å². The van der Waals surface area contributed by atoms with Crippen molar-refractivity contribution in [3.8, 4) is 0 Å². The lowest BCUT2D eigenvalue weighted by Crippen LogP contribution is -2.00. The Kier molecular flexibility index (Phi) is 4.85. The first kappa shape index (κ1) is 12.3. The predicted octanol–water partition coefficient (Wildman–Crippen LogP) is 3.84. The Labute approximate surface area is 102 Å². The van der Waals surface area contributed by atoms with E-state index < -0.39 is 5.97 Å². The Balaban J connectivity index is 3.06. The van der Waals surface area contributed by atoms with Crippen LogP contribution in [0.3, 0.4) is 0 Å². The molecule has 2 nitrogen and oxygen atoms in total. The molecule has 1 aromatic rings. The van der Waals surface area contributed by atoms with E-state index in [2.05, 4.69) is 15.9 Å². The van der Waals surface area contributed by atoms with Gasteiger partial charge in [0.1, 0.15) is 0 Å². The van der Waals surface area contributed by atoms with Crippen molar-refractivity contribution in [3.05, 3.63) is 40.4 Å². The second-order valence-corrected chi connectivity index (χ2v) is 4.09. The minimum atomic E-state index is -1.00. The molecule has 0 aromatic heterocycles. The van der Waals surface area contributed by atoms with Crippen LogP contribution in [0.25, 0.3) is 6.08 Å². The molecule has 0 amide bonds. The summed E-state index contributed by atoms with van der Waals surface area (Å²) in [6.45, 7) is 0. The molecule has 0 saturated heterocycles. The van der Waals surface area contributed by atoms with E-state index in [0.29, 0.717) is 5.56 Å². The molecule has 15 heavy (non-hydrogen) atoms. The highest BCUT2D eigenvalue weighted by Crippen LogP contribution is 2.21. The average molecular weight is 290 g/mol. The molecule has 0 atom stereocenters. The molecule has 1 N–H and O–H groups in total. The van der Waals surface area contributed by atoms with Gasteiger partial charge in [0, 0.05) is 5.33 Å². The van der Waals surface area contributed by atoms with Crippen molar-refractivity contribution < 1.29 is 9.90 Å². The molecule has 0 aliphatic carbocycles. The van der Waals surface area contributed by atoms with Gasteiger partial charge in [0.05, 0.1) is 10.6 Å². The van der Waals surface area contributed by atoms with Crippen molar-refractivity contribution in [2.24, 2.45) is 0 Å². The number of carbonyl (C=O) groups is 1. The Morgan fingerprint density at radius 1 is 1.53 bits per heavy atom. The highest BCUT2D eigenvalue weighted by atomic mass is 79.9. The SMILES string of the molecule is O=C(O)c1c(Cl)cccc1C=CCCBr. The van der Waals surface area contributed by atoms with Crippen molar-refractivity contribution in [3.63, 3.8) is 0 Å². The van der Waals surface area contributed by atoms with E-state index in [-0.39, 0.29) is 10.6 Å². The number of carboxylic acid groups (broad SMARTS) is 1. The third kappa shape index (κ3) is 3.36. The van der Waals surface area contributed by atoms with Crippen LogP contribution in [-0.4, -0.2) is 16.4 Å². The topological polar surface area (TPSA) is 37.3 Å². The number of halogens is 2. The standard InChI is InChI=1S/C11H10BrClO2/c12-7-2-1-4-8-5-3-6-9(13)10(8)11(14)15/h1,3-6H,2,7H2,(H,14,15). The molecular formula is C11H10BrClO2. The number of allylic oxidation sites excluding steroid dienone is 1. The first-order chi connectivity index (χ1) is 7.16. The van der Waals surface area contributed by atoms with Crippen molar-refractivity contribution in [1.82, 2.24) is 0 Å². The summed E-state index contributed by atoms with van der Waals surface area (Å²) in [6.07, 6.45) is 4.54. The third-order valence-electron chi connectivity index (χ3n) is 1.83. The third-order valence-corrected chi connectivity index (χ3v) is 2.61. The van der Waals surface area contributed by atoms with Crippen LogP contribution in [0.1, 0.15) is 22.3 Å². The monoisotopic (exact) mass is 288 g/mol. The van der Waals surface area contributed by atoms with Crippen molar-refractivity contribution in [2.75, 3.05) is 5.33 Å². The summed E-state index contributed by atoms with van der Waals surface area (Å²) >= 11 is 9.10. The number of hydrogen-bond donors (Lipinski definition) is 1. The molecule has 0 heterocycles. The molecule has 0 radical (unpaired) electrons. The van der Waals surface area contributed by atoms with Gasteiger partial charge < -0.3 is 5.11 Å². The Morgan fingerprint density at radius 3 is 2.87 bits per heavy atom. The molecule has 1 aromatic carbocycles. The van der Waals surface area contributed by atoms with Gasteiger partial charge in [-0.2, -0.15) is 0 Å². The Bertz CT molecular complexity index is 388. The fourth-order valence-electron chi connectivity index (χ4n) is 1.18. The quantitative estimate of drug-likeness (QED) is 0.855. The molecule has 0 aliphatic rings. The molecule has 4 heteroatoms. The second-order valence-electron chi connectivity index (χ2n) is 2.89. The zero-order valence-corrected chi connectivity index (χ0v) is 10.3. The molecule has 0 saturated carbocycles. The maximum Gasteiger partial charge on any atom is 0.337 e. The summed E-state index contributed by atoms with van der Waals surface area (Å²) in [6, 6.07) is 5.05. The number of hydrogen-bond acceptors (Lipinski definition) is 1. The van der Waals surface area contributed by atoms with Crippen LogP contribution in [-0.2, 0) is 0 Å². The second kappa shape index (κ2) is 5.93. The normalized spacial score (nSPS) is 10.8. The fraction of sp³-hybridized carbons (Fsp3) is 0.182. The molecule has 0 spiro atoms. The van der Waals surface area contributed by atoms with Crippen molar-refractivity contribution in [2.45, 2.75) is 6.42 Å². The smallest absolute Gasteiger partial charge is 0.337 e. The zero-order valence-electron chi connectivity index (χ0n) is 7.91. The van der Waals surface area contributed by atoms with E-state index in [4.69, 9.17) is 16.7 Å². The van der Waals surface area contributed by atoms with Crippen molar-refractivity contribution in [1.29, 1.82) is 0 Å². The summed E-state index contributed by atoms with van der Waals surface area (Å²) < 4.78 is 0. The molecule has 0 fully saturated rings. The van der Waals surface area contributed by atoms with E-state index in [1.54, 1.807) is 24.3 Å². The predicted molar refractivity (Wildman–Crippen MR) is 65.9 cm³/mol. The van der Waals surface area contributed by atoms with Gasteiger partial charge in [-0.05, 0) is 18.1 Å². The summed E-state index contributed by atoms with van der Waals surface area (Å²) in [5, 5.41) is 10.1. The van der Waals surface area contributed by atoms with Gasteiger partial charge in [0.15, 0.2) is 0 Å². The molecule has 1 rings (SSSR count). The van der Waals surface area contributed by atoms with E-state index in [9.17, 15) is 4.79 Å². The first-order valence-corrected chi connectivity index (χ1v) is 5.91. The highest BCUT2D eigenvalue weighted by molar-refractivity contribution is 9.09. The van der Waals surface area contributed by atoms with Crippen LogP contribution < -0.4 is 0 Å². The Hall–Kier alpha value is -0.800. The van der Waals surface area contributed by atoms with E-state index in [1.165, 1.54) is 0 Å². The molecule has 0 aliphatic heterocycles. The first-order valence-electron chi connectivity index (χ1n) is 4.41. The molecule has 80 valence electrons. The lowest BCUT2D eigenvalue weighted by Gasteiger charge is -2.02. The largest absolute Gasteiger partial charge is 0.478 e. The van der Waals surface area contributed by atoms with Gasteiger partial charge in [-0.3, -0.25) is 0 Å². The lowest BCUT2D eigenvalue weighted by atomic mass is 10.1. The molecule has 0 unspecified atom stereocenters. The van der Waals surface area contributed by atoms with E-state index >= 15 is 0 Å². The highest BCUT2D eigenvalue weighted by Gasteiger charge is 2.11. The van der Waals surface area contributed by atoms with E-state index in [1.807, 2.05) is 6.08 Å². The van der Waals surface area contributed by atoms with Gasteiger partial charge in [-0.1, -0.05) is 51.8 Å². The van der Waals surface area contributed by atoms with Crippen LogP contribution in [0.5, 0.6) is 0 Å². The van der Waals surface area contributed by atoms with Gasteiger partial charge in [0.25, 0.3) is 0 Å². The average Bonchev–Trinajstić information content (AvgIpc) is 2.17. The minimum absolute atomic E-state index is 0.157. The van der Waals surface area contributed by atoms with Gasteiger partial charge in [-0.25, -0.2) is 4.79 Å². The maximum atomic E-state index is 10.9. The zero-order chi connectivity index (χ0) is 11.3. The molecule has 0 bridgehead atoms. The van der Waals surface area contributed by atoms with Crippen molar-refractivity contribution >= 4 is 39.6 Å². The number of aromatic carboxylic acids is 1. The van der Waals surface area contributed by atoms with Crippen LogP contribution in [0, 0.1) is 0 Å². The summed E-state index contributed by atoms with van der Waals surface area (Å²) in [7, 11) is 0. The van der Waals surface area contributed by atoms with Gasteiger partial charge in [-0.15, -0.1) is 0 Å². The molecular weight excluding hydrogens is 279 g/mol. The summed E-state index contributed by atoms with van der Waals surface area (Å²) in [4.78, 5) is 10.9. The number of carboxylic acids is 1. The maximum absolute atomic E-state index is 10.9. The number of rotatable bonds is 4. The van der Waals surface area contributed by atoms with Gasteiger partial charge >= 0.3 is 5.97 Å². The Morgan fingerprint density at radius 2 is 2.27 bits per heavy atom. The number of alkyl halides is 1. The lowest BCUT2D eigenvalue weighted by molar-refractivity contribution is 0.0697.